The Bertz CT molecular complexity index is 401. The minimum atomic E-state index is 0. The molecule has 0 unspecified atom stereocenters. The molecule has 2 aliphatic heterocycles. The van der Waals surface area contributed by atoms with Crippen molar-refractivity contribution >= 4 is 29.2 Å². The van der Waals surface area contributed by atoms with Crippen molar-refractivity contribution in [3.63, 3.8) is 0 Å². The molecule has 2 saturated heterocycles. The van der Waals surface area contributed by atoms with E-state index in [2.05, 4.69) is 53.2 Å². The van der Waals surface area contributed by atoms with E-state index in [0.29, 0.717) is 4.32 Å². The molecular weight excluding hydrogens is 390 g/mol. The molecule has 136 valence electrons. The maximum absolute atomic E-state index is 7.50. The van der Waals surface area contributed by atoms with Gasteiger partial charge in [0, 0.05) is 43.2 Å². The zero-order valence-electron chi connectivity index (χ0n) is 13.0. The van der Waals surface area contributed by atoms with Crippen LogP contribution >= 0.6 is 0 Å². The average Bonchev–Trinajstić information content (AvgIpc) is 3.18. The zero-order chi connectivity index (χ0) is 16.9. The third kappa shape index (κ3) is 8.80. The summed E-state index contributed by atoms with van der Waals surface area (Å²) in [5.74, 6) is 0. The number of ether oxygens (including phenoxy) is 2. The van der Waals surface area contributed by atoms with Crippen LogP contribution < -0.4 is 0 Å². The van der Waals surface area contributed by atoms with Crippen molar-refractivity contribution in [1.29, 1.82) is 0 Å². The summed E-state index contributed by atoms with van der Waals surface area (Å²) in [7, 11) is 0. The first-order valence-corrected chi connectivity index (χ1v) is 7.86. The molecule has 2 fully saturated rings. The number of hydrazine groups is 2. The van der Waals surface area contributed by atoms with Gasteiger partial charge in [0.05, 0.1) is 26.4 Å². The summed E-state index contributed by atoms with van der Waals surface area (Å²) in [5, 5.41) is 6.36. The van der Waals surface area contributed by atoms with Crippen molar-refractivity contribution in [2.45, 2.75) is 0 Å². The van der Waals surface area contributed by atoms with E-state index in [0.717, 1.165) is 52.6 Å². The summed E-state index contributed by atoms with van der Waals surface area (Å²) in [6.07, 6.45) is 0. The molecule has 2 heterocycles. The molecule has 0 atom stereocenters. The van der Waals surface area contributed by atoms with E-state index in [9.17, 15) is 0 Å². The first-order chi connectivity index (χ1) is 11.3. The van der Waals surface area contributed by atoms with Crippen LogP contribution in [0.15, 0.2) is 6.07 Å². The van der Waals surface area contributed by atoms with E-state index in [4.69, 9.17) is 26.8 Å². The Morgan fingerprint density at radius 1 is 1.00 bits per heavy atom. The van der Waals surface area contributed by atoms with Crippen molar-refractivity contribution < 1.29 is 31.2 Å². The Morgan fingerprint density at radius 3 is 1.62 bits per heavy atom. The fourth-order valence-electron chi connectivity index (χ4n) is 2.09. The molecule has 0 spiro atoms. The van der Waals surface area contributed by atoms with Gasteiger partial charge in [0.2, 0.25) is 0 Å². The second kappa shape index (κ2) is 15.1. The number of hydrogen-bond donors (Lipinski definition) is 0. The van der Waals surface area contributed by atoms with Crippen molar-refractivity contribution in [3.05, 3.63) is 37.0 Å². The van der Waals surface area contributed by atoms with E-state index >= 15 is 0 Å². The molecule has 0 aliphatic carbocycles. The first kappa shape index (κ1) is 23.8. The van der Waals surface area contributed by atoms with Crippen LogP contribution in [-0.4, -0.2) is 72.1 Å². The summed E-state index contributed by atoms with van der Waals surface area (Å²) in [4.78, 5) is 0. The molecule has 1 aromatic rings. The van der Waals surface area contributed by atoms with Crippen LogP contribution in [0, 0.1) is 30.9 Å². The molecule has 1 aromatic carbocycles. The Labute approximate surface area is 165 Å². The fraction of sp³-hybridized carbons (Fsp3) is 0.533. The Balaban J connectivity index is 0.000000560. The third-order valence-corrected chi connectivity index (χ3v) is 3.38. The molecular formula is C15H18FeN3O3S2-5. The number of thiol groups is 1. The van der Waals surface area contributed by atoms with E-state index in [-0.39, 0.29) is 17.1 Å². The predicted molar refractivity (Wildman–Crippen MR) is 89.1 cm³/mol. The van der Waals surface area contributed by atoms with Crippen LogP contribution in [0.1, 0.15) is 0 Å². The van der Waals surface area contributed by atoms with Gasteiger partial charge in [-0.2, -0.15) is 0 Å². The Hall–Kier alpha value is -0.151. The van der Waals surface area contributed by atoms with Gasteiger partial charge in [-0.1, -0.05) is 0 Å². The molecule has 9 heteroatoms. The third-order valence-electron chi connectivity index (χ3n) is 3.03. The molecule has 0 aromatic heterocycles. The van der Waals surface area contributed by atoms with Crippen molar-refractivity contribution in [3.8, 4) is 0 Å². The van der Waals surface area contributed by atoms with Crippen molar-refractivity contribution in [1.82, 2.24) is 15.1 Å². The summed E-state index contributed by atoms with van der Waals surface area (Å²) in [5.41, 5.74) is 0. The van der Waals surface area contributed by atoms with Gasteiger partial charge in [-0.05, 0) is 0 Å². The normalized spacial score (nSPS) is 18.3. The molecule has 0 saturated carbocycles. The van der Waals surface area contributed by atoms with Gasteiger partial charge in [-0.15, -0.1) is 5.12 Å². The summed E-state index contributed by atoms with van der Waals surface area (Å²) in [6, 6.07) is 12.0. The zero-order valence-corrected chi connectivity index (χ0v) is 15.8. The molecule has 24 heavy (non-hydrogen) atoms. The molecule has 0 bridgehead atoms. The van der Waals surface area contributed by atoms with Gasteiger partial charge in [-0.3, -0.25) is 0 Å². The molecule has 0 N–H and O–H groups in total. The maximum atomic E-state index is 7.50. The van der Waals surface area contributed by atoms with Gasteiger partial charge in [0.1, 0.15) is 16.5 Å². The van der Waals surface area contributed by atoms with Crippen molar-refractivity contribution in [2.75, 3.05) is 52.6 Å². The second-order valence-corrected chi connectivity index (χ2v) is 5.50. The topological polar surface area (TPSA) is 48.1 Å². The number of nitrogens with zero attached hydrogens (tertiary/aromatic N) is 3. The SMILES string of the molecule is [C-]#[O+].[Fe].[S-]C(=[SH+])N(N1CCOCC1)N1CCOCC1.[c-]1[c-][c-][cH-][c-]1. The Kier molecular flexibility index (Phi) is 15.0. The van der Waals surface area contributed by atoms with Crippen LogP contribution in [0.5, 0.6) is 0 Å². The smallest absolute Gasteiger partial charge is 0.148 e. The summed E-state index contributed by atoms with van der Waals surface area (Å²) >= 11 is 9.51. The van der Waals surface area contributed by atoms with Crippen LogP contribution in [0.25, 0.3) is 0 Å². The monoisotopic (exact) mass is 408 g/mol. The first-order valence-electron chi connectivity index (χ1n) is 7.00. The second-order valence-electron chi connectivity index (χ2n) is 4.39. The molecule has 0 amide bonds. The summed E-state index contributed by atoms with van der Waals surface area (Å²) in [6.45, 7) is 10.9. The van der Waals surface area contributed by atoms with Gasteiger partial charge < -0.3 is 52.4 Å². The number of morpholine rings is 2. The minimum Gasteiger partial charge on any atom is -0.999 e. The van der Waals surface area contributed by atoms with Gasteiger partial charge in [0.25, 0.3) is 0 Å². The molecule has 0 radical (unpaired) electrons. The number of rotatable bonds is 2. The maximum Gasteiger partial charge on any atom is 0.148 e. The van der Waals surface area contributed by atoms with Crippen LogP contribution in [0.4, 0.5) is 0 Å². The van der Waals surface area contributed by atoms with E-state index in [1.54, 1.807) is 6.07 Å². The minimum absolute atomic E-state index is 0. The van der Waals surface area contributed by atoms with Crippen LogP contribution in [0.2, 0.25) is 0 Å². The number of hydrogen-bond acceptors (Lipinski definition) is 5. The quantitative estimate of drug-likeness (QED) is 0.161. The summed E-state index contributed by atoms with van der Waals surface area (Å²) < 4.78 is 18.8. The van der Waals surface area contributed by atoms with Crippen LogP contribution in [0.3, 0.4) is 0 Å². The van der Waals surface area contributed by atoms with Gasteiger partial charge in [0.15, 0.2) is 0 Å². The molecule has 3 rings (SSSR count). The van der Waals surface area contributed by atoms with E-state index in [1.807, 2.05) is 5.12 Å². The predicted octanol–water partition coefficient (Wildman–Crippen LogP) is -0.737. The molecule has 2 aliphatic rings. The van der Waals surface area contributed by atoms with Crippen molar-refractivity contribution in [2.24, 2.45) is 0 Å². The van der Waals surface area contributed by atoms with E-state index in [1.165, 1.54) is 0 Å². The van der Waals surface area contributed by atoms with Gasteiger partial charge in [-0.25, -0.2) is 10.0 Å². The fourth-order valence-corrected chi connectivity index (χ4v) is 2.57. The standard InChI is InChI=1S/C9H17N3O2S2.C5H.CO.Fe/c15-9(16)12(10-1-5-13-6-2-10)11-3-7-14-8-4-11;1-2-4-5-3-1;1-2;/h1-8H2,(H,15,16);1H;;/q;-5;;. The Morgan fingerprint density at radius 2 is 1.38 bits per heavy atom. The molecule has 6 nitrogen and oxygen atoms in total. The van der Waals surface area contributed by atoms with Crippen LogP contribution in [-0.2, 0) is 56.0 Å². The van der Waals surface area contributed by atoms with E-state index < -0.39 is 0 Å². The average molecular weight is 408 g/mol. The largest absolute Gasteiger partial charge is 0.999 e. The van der Waals surface area contributed by atoms with Gasteiger partial charge >= 0.3 is 11.3 Å².